The van der Waals surface area contributed by atoms with Gasteiger partial charge in [0, 0.05) is 112 Å². The van der Waals surface area contributed by atoms with E-state index < -0.39 is 20.9 Å². The van der Waals surface area contributed by atoms with Gasteiger partial charge in [0.1, 0.15) is 17.1 Å². The van der Waals surface area contributed by atoms with Crippen LogP contribution in [0.5, 0.6) is 11.5 Å². The Morgan fingerprint density at radius 1 is 0.985 bits per heavy atom. The Morgan fingerprint density at radius 2 is 1.74 bits per heavy atom. The topological polar surface area (TPSA) is 169 Å². The van der Waals surface area contributed by atoms with Gasteiger partial charge in [-0.3, -0.25) is 19.8 Å². The number of nitro groups is 1. The molecule has 15 nitrogen and oxygen atoms in total. The van der Waals surface area contributed by atoms with Crippen LogP contribution in [0.3, 0.4) is 0 Å². The Balaban J connectivity index is 0.933. The van der Waals surface area contributed by atoms with Gasteiger partial charge in [-0.15, -0.1) is 0 Å². The van der Waals surface area contributed by atoms with Gasteiger partial charge < -0.3 is 29.7 Å². The van der Waals surface area contributed by atoms with Crippen molar-refractivity contribution in [3.8, 4) is 11.5 Å². The third kappa shape index (κ3) is 10.2. The third-order valence-electron chi connectivity index (χ3n) is 13.5. The standard InChI is InChI=1S/C48H56ClN9O6S/c1-48(2)12-10-35(42(27-48)33-4-6-36(49)7-5-33)31-56-18-20-57(21-19-56)37-8-9-40(45(24-37)64-38-23-34-11-13-50-46(34)52-29-38)47(59)53-65(62,63)39-25-43-41(44(26-39)58(60)61)22-32(28-51-43)30-55-16-14-54(3)15-17-55/h4-9,11,13,23-26,29,32,51H,10,12,14-22,27-28,30-31H2,1-3H3,(H,50,52)(H,53,59)/t32-/m0/s1. The lowest BCUT2D eigenvalue weighted by molar-refractivity contribution is -0.385. The molecule has 2 saturated heterocycles. The monoisotopic (exact) mass is 921 g/mol. The number of likely N-dealkylation sites (N-methyl/N-ethyl adjacent to an activating group) is 1. The highest BCUT2D eigenvalue weighted by Gasteiger charge is 2.33. The van der Waals surface area contributed by atoms with Gasteiger partial charge in [-0.1, -0.05) is 43.2 Å². The predicted octanol–water partition coefficient (Wildman–Crippen LogP) is 7.65. The second-order valence-electron chi connectivity index (χ2n) is 18.8. The van der Waals surface area contributed by atoms with Gasteiger partial charge in [-0.05, 0) is 97.7 Å². The average Bonchev–Trinajstić information content (AvgIpc) is 3.76. The zero-order valence-electron chi connectivity index (χ0n) is 37.1. The number of nitrogens with zero attached hydrogens (tertiary/aromatic N) is 6. The number of H-pyrrole nitrogens is 1. The number of allylic oxidation sites excluding steroid dienone is 1. The van der Waals surface area contributed by atoms with Crippen molar-refractivity contribution in [2.75, 3.05) is 89.3 Å². The minimum Gasteiger partial charge on any atom is -0.455 e. The van der Waals surface area contributed by atoms with Gasteiger partial charge in [0.15, 0.2) is 0 Å². The molecular weight excluding hydrogens is 866 g/mol. The number of carbonyl (C=O) groups excluding carboxylic acids is 1. The number of nitrogens with one attached hydrogen (secondary N) is 3. The maximum absolute atomic E-state index is 14.1. The van der Waals surface area contributed by atoms with Crippen molar-refractivity contribution in [2.45, 2.75) is 44.4 Å². The van der Waals surface area contributed by atoms with Crippen molar-refractivity contribution in [3.63, 3.8) is 0 Å². The summed E-state index contributed by atoms with van der Waals surface area (Å²) in [6, 6.07) is 19.4. The molecule has 0 spiro atoms. The summed E-state index contributed by atoms with van der Waals surface area (Å²) >= 11 is 6.25. The van der Waals surface area contributed by atoms with E-state index in [-0.39, 0.29) is 33.2 Å². The molecule has 65 heavy (non-hydrogen) atoms. The van der Waals surface area contributed by atoms with Gasteiger partial charge in [0.25, 0.3) is 21.6 Å². The van der Waals surface area contributed by atoms with Crippen molar-refractivity contribution >= 4 is 61.2 Å². The molecule has 4 aliphatic rings. The molecule has 5 aromatic rings. The van der Waals surface area contributed by atoms with Gasteiger partial charge in [0.2, 0.25) is 0 Å². The van der Waals surface area contributed by atoms with Crippen LogP contribution in [0, 0.1) is 21.4 Å². The molecule has 17 heteroatoms. The zero-order valence-corrected chi connectivity index (χ0v) is 38.7. The number of aromatic nitrogens is 2. The average molecular weight is 923 g/mol. The number of ether oxygens (including phenoxy) is 1. The molecule has 0 unspecified atom stereocenters. The zero-order chi connectivity index (χ0) is 45.5. The summed E-state index contributed by atoms with van der Waals surface area (Å²) in [7, 11) is -2.49. The second kappa shape index (κ2) is 18.4. The lowest BCUT2D eigenvalue weighted by atomic mass is 9.72. The predicted molar refractivity (Wildman–Crippen MR) is 255 cm³/mol. The molecule has 0 bridgehead atoms. The Morgan fingerprint density at radius 3 is 2.49 bits per heavy atom. The highest BCUT2D eigenvalue weighted by atomic mass is 35.5. The summed E-state index contributed by atoms with van der Waals surface area (Å²) in [5.74, 6) is -0.320. The van der Waals surface area contributed by atoms with Crippen LogP contribution >= 0.6 is 11.6 Å². The molecule has 1 aliphatic carbocycles. The highest BCUT2D eigenvalue weighted by molar-refractivity contribution is 7.90. The van der Waals surface area contributed by atoms with Crippen LogP contribution in [-0.2, 0) is 16.4 Å². The summed E-state index contributed by atoms with van der Waals surface area (Å²) in [5, 5.41) is 17.2. The number of hydrogen-bond acceptors (Lipinski definition) is 12. The first-order chi connectivity index (χ1) is 31.2. The van der Waals surface area contributed by atoms with Crippen LogP contribution in [0.1, 0.15) is 54.6 Å². The quantitative estimate of drug-likeness (QED) is 0.0827. The molecule has 2 aromatic heterocycles. The molecule has 1 amide bonds. The maximum Gasteiger partial charge on any atom is 0.276 e. The molecule has 3 N–H and O–H groups in total. The number of benzene rings is 3. The Labute approximate surface area is 385 Å². The fraction of sp³-hybridized carbons (Fsp3) is 0.417. The number of piperazine rings is 2. The van der Waals surface area contributed by atoms with E-state index in [2.05, 4.69) is 72.6 Å². The van der Waals surface area contributed by atoms with Crippen LogP contribution in [0.4, 0.5) is 17.1 Å². The lowest BCUT2D eigenvalue weighted by Gasteiger charge is -2.39. The minimum absolute atomic E-state index is 0.0238. The molecule has 9 rings (SSSR count). The molecule has 342 valence electrons. The molecule has 5 heterocycles. The third-order valence-corrected chi connectivity index (χ3v) is 15.0. The lowest BCUT2D eigenvalue weighted by Crippen LogP contribution is -2.47. The molecule has 0 radical (unpaired) electrons. The van der Waals surface area contributed by atoms with E-state index >= 15 is 0 Å². The summed E-state index contributed by atoms with van der Waals surface area (Å²) < 4.78 is 36.5. The summed E-state index contributed by atoms with van der Waals surface area (Å²) in [6.07, 6.45) is 6.94. The maximum atomic E-state index is 14.1. The Bertz CT molecular complexity index is 2740. The van der Waals surface area contributed by atoms with E-state index in [1.54, 1.807) is 30.5 Å². The first-order valence-electron chi connectivity index (χ1n) is 22.4. The molecular formula is C48H56ClN9O6S. The number of anilines is 2. The smallest absolute Gasteiger partial charge is 0.276 e. The normalized spacial score (nSPS) is 19.8. The first-order valence-corrected chi connectivity index (χ1v) is 24.2. The highest BCUT2D eigenvalue weighted by Crippen LogP contribution is 2.44. The van der Waals surface area contributed by atoms with E-state index in [0.29, 0.717) is 35.6 Å². The van der Waals surface area contributed by atoms with Gasteiger partial charge in [-0.25, -0.2) is 18.1 Å². The Kier molecular flexibility index (Phi) is 12.6. The van der Waals surface area contributed by atoms with E-state index in [9.17, 15) is 23.3 Å². The summed E-state index contributed by atoms with van der Waals surface area (Å²) in [5.41, 5.74) is 6.35. The minimum atomic E-state index is -4.58. The number of carbonyl (C=O) groups is 1. The SMILES string of the molecule is CN1CCN(C[C@@H]2CNc3cc(S(=O)(=O)NC(=O)c4ccc(N5CCN(CC6=C(c7ccc(Cl)cc7)CC(C)(C)CC6)CC5)cc4Oc4cnc5[nH]ccc5c4)cc([N+](=O)[O-])c3C2)CC1. The molecule has 0 saturated carbocycles. The number of halogens is 1. The van der Waals surface area contributed by atoms with Gasteiger partial charge in [-0.2, -0.15) is 0 Å². The number of rotatable bonds is 12. The number of aromatic amines is 1. The van der Waals surface area contributed by atoms with Gasteiger partial charge in [0.05, 0.1) is 27.1 Å². The number of pyridine rings is 1. The van der Waals surface area contributed by atoms with Crippen molar-refractivity contribution in [1.82, 2.24) is 29.4 Å². The van der Waals surface area contributed by atoms with Crippen LogP contribution in [-0.4, -0.2) is 123 Å². The van der Waals surface area contributed by atoms with E-state index in [0.717, 1.165) is 107 Å². The molecule has 3 aromatic carbocycles. The number of fused-ring (bicyclic) bond motifs is 2. The number of sulfonamides is 1. The summed E-state index contributed by atoms with van der Waals surface area (Å²) in [6.45, 7) is 13.8. The molecule has 2 fully saturated rings. The first kappa shape index (κ1) is 44.7. The van der Waals surface area contributed by atoms with Crippen molar-refractivity contribution < 1.29 is 22.9 Å². The summed E-state index contributed by atoms with van der Waals surface area (Å²) in [4.78, 5) is 42.5. The van der Waals surface area contributed by atoms with Crippen molar-refractivity contribution in [3.05, 3.63) is 117 Å². The number of hydrogen-bond donors (Lipinski definition) is 3. The van der Waals surface area contributed by atoms with E-state index in [1.165, 1.54) is 29.0 Å². The van der Waals surface area contributed by atoms with Crippen LogP contribution in [0.2, 0.25) is 5.02 Å². The van der Waals surface area contributed by atoms with Crippen LogP contribution in [0.25, 0.3) is 16.6 Å². The molecule has 3 aliphatic heterocycles. The van der Waals surface area contributed by atoms with Gasteiger partial charge >= 0.3 is 0 Å². The van der Waals surface area contributed by atoms with Crippen molar-refractivity contribution in [2.24, 2.45) is 11.3 Å². The number of amides is 1. The van der Waals surface area contributed by atoms with E-state index in [1.807, 2.05) is 18.2 Å². The largest absolute Gasteiger partial charge is 0.455 e. The van der Waals surface area contributed by atoms with E-state index in [4.69, 9.17) is 16.3 Å². The van der Waals surface area contributed by atoms with Crippen LogP contribution < -0.4 is 19.7 Å². The number of nitro benzene ring substituents is 1. The van der Waals surface area contributed by atoms with Crippen LogP contribution in [0.15, 0.2) is 89.6 Å². The Hall–Kier alpha value is -5.52. The fourth-order valence-corrected chi connectivity index (χ4v) is 10.8. The van der Waals surface area contributed by atoms with Crippen molar-refractivity contribution in [1.29, 1.82) is 0 Å². The fourth-order valence-electron chi connectivity index (χ4n) is 9.68. The second-order valence-corrected chi connectivity index (χ2v) is 20.9. The molecule has 1 atom stereocenters.